The first-order valence-corrected chi connectivity index (χ1v) is 15.3. The second kappa shape index (κ2) is 11.0. The molecule has 1 aliphatic carbocycles. The highest BCUT2D eigenvalue weighted by Gasteiger charge is 2.14. The number of nitrogens with zero attached hydrogens (tertiary/aromatic N) is 3. The van der Waals surface area contributed by atoms with E-state index < -0.39 is 0 Å². The lowest BCUT2D eigenvalue weighted by Crippen LogP contribution is -2.04. The van der Waals surface area contributed by atoms with Crippen molar-refractivity contribution in [3.8, 4) is 22.5 Å². The molecule has 0 saturated heterocycles. The molecule has 210 valence electrons. The van der Waals surface area contributed by atoms with E-state index in [0.29, 0.717) is 0 Å². The summed E-state index contributed by atoms with van der Waals surface area (Å²) in [5.41, 5.74) is 10.2. The number of aliphatic imine (C=N–C) groups is 1. The van der Waals surface area contributed by atoms with Crippen molar-refractivity contribution in [3.05, 3.63) is 150 Å². The Bertz CT molecular complexity index is 2210. The number of allylic oxidation sites excluding steroid dienone is 7. The Morgan fingerprint density at radius 1 is 0.591 bits per heavy atom. The van der Waals surface area contributed by atoms with Crippen molar-refractivity contribution < 1.29 is 0 Å². The fourth-order valence-corrected chi connectivity index (χ4v) is 6.50. The average molecular weight is 566 g/mol. The first kappa shape index (κ1) is 26.2. The van der Waals surface area contributed by atoms with E-state index in [0.717, 1.165) is 47.6 Å². The lowest BCUT2D eigenvalue weighted by atomic mass is 9.90. The maximum atomic E-state index is 4.78. The third kappa shape index (κ3) is 4.67. The van der Waals surface area contributed by atoms with Crippen molar-refractivity contribution >= 4 is 43.6 Å². The highest BCUT2D eigenvalue weighted by atomic mass is 14.8. The zero-order chi connectivity index (χ0) is 29.5. The number of aromatic nitrogens is 2. The molecule has 3 heterocycles. The lowest BCUT2D eigenvalue weighted by Gasteiger charge is -2.14. The van der Waals surface area contributed by atoms with E-state index in [4.69, 9.17) is 9.98 Å². The summed E-state index contributed by atoms with van der Waals surface area (Å²) in [6, 6.07) is 32.6. The maximum Gasteiger partial charge on any atom is 0.0886 e. The van der Waals surface area contributed by atoms with Gasteiger partial charge in [-0.05, 0) is 111 Å². The molecule has 3 heteroatoms. The number of benzene rings is 4. The van der Waals surface area contributed by atoms with Gasteiger partial charge in [-0.1, -0.05) is 90.5 Å². The standard InChI is InChI=1S/C41H31N3/c1-27-12-13-28(14-18-32(27)39-10-4-6-22-42-39)29-15-19-35-36-20-16-30(25-38(36)34-9-3-2-8-33(34)37(35)24-29)31-17-21-41(44-26-31)40-11-5-7-23-43-40/h2-5,7-11,13-21,23-26H,6,12,22H2,1H3. The molecule has 0 spiro atoms. The van der Waals surface area contributed by atoms with E-state index in [9.17, 15) is 0 Å². The van der Waals surface area contributed by atoms with Gasteiger partial charge in [-0.15, -0.1) is 0 Å². The minimum Gasteiger partial charge on any atom is -0.284 e. The molecular weight excluding hydrogens is 534 g/mol. The summed E-state index contributed by atoms with van der Waals surface area (Å²) >= 11 is 0. The summed E-state index contributed by atoms with van der Waals surface area (Å²) in [4.78, 5) is 14.0. The molecule has 0 fully saturated rings. The molecule has 6 aromatic rings. The molecule has 0 radical (unpaired) electrons. The molecule has 4 aromatic carbocycles. The Hall–Kier alpha value is -5.41. The quantitative estimate of drug-likeness (QED) is 0.199. The van der Waals surface area contributed by atoms with Crippen LogP contribution in [0.4, 0.5) is 0 Å². The van der Waals surface area contributed by atoms with Crippen molar-refractivity contribution in [1.82, 2.24) is 9.97 Å². The zero-order valence-corrected chi connectivity index (χ0v) is 24.7. The van der Waals surface area contributed by atoms with E-state index in [1.54, 1.807) is 6.20 Å². The number of fused-ring (bicyclic) bond motifs is 6. The fourth-order valence-electron chi connectivity index (χ4n) is 6.50. The fraction of sp³-hybridized carbons (Fsp3) is 0.0976. The number of pyridine rings is 2. The van der Waals surface area contributed by atoms with Crippen LogP contribution >= 0.6 is 0 Å². The van der Waals surface area contributed by atoms with Gasteiger partial charge < -0.3 is 0 Å². The van der Waals surface area contributed by atoms with Crippen LogP contribution in [-0.2, 0) is 0 Å². The van der Waals surface area contributed by atoms with E-state index in [1.807, 2.05) is 24.4 Å². The first-order valence-electron chi connectivity index (χ1n) is 15.3. The molecule has 0 N–H and O–H groups in total. The smallest absolute Gasteiger partial charge is 0.0886 e. The highest BCUT2D eigenvalue weighted by Crippen LogP contribution is 2.39. The molecule has 0 bridgehead atoms. The van der Waals surface area contributed by atoms with Gasteiger partial charge in [0.25, 0.3) is 0 Å². The van der Waals surface area contributed by atoms with E-state index >= 15 is 0 Å². The van der Waals surface area contributed by atoms with Crippen LogP contribution in [0.15, 0.2) is 150 Å². The second-order valence-electron chi connectivity index (χ2n) is 11.6. The van der Waals surface area contributed by atoms with E-state index in [-0.39, 0.29) is 0 Å². The van der Waals surface area contributed by atoms with Gasteiger partial charge in [0.1, 0.15) is 0 Å². The number of hydrogen-bond acceptors (Lipinski definition) is 3. The highest BCUT2D eigenvalue weighted by molar-refractivity contribution is 6.26. The molecule has 0 unspecified atom stereocenters. The monoisotopic (exact) mass is 565 g/mol. The SMILES string of the molecule is CC1=C(C2=NCCC=C2)C=CC(c2ccc3c4ccc(-c5ccc(-c6ccccn6)nc5)cc4c4ccccc4c3c2)=CC1. The second-order valence-corrected chi connectivity index (χ2v) is 11.6. The molecule has 2 aromatic heterocycles. The zero-order valence-electron chi connectivity index (χ0n) is 24.7. The van der Waals surface area contributed by atoms with Crippen LogP contribution in [0.3, 0.4) is 0 Å². The van der Waals surface area contributed by atoms with E-state index in [2.05, 4.69) is 115 Å². The Balaban J connectivity index is 1.20. The number of hydrogen-bond donors (Lipinski definition) is 0. The average Bonchev–Trinajstić information content (AvgIpc) is 3.30. The molecule has 2 aliphatic rings. The Labute approximate surface area is 257 Å². The Kier molecular flexibility index (Phi) is 6.57. The molecule has 0 atom stereocenters. The van der Waals surface area contributed by atoms with Crippen molar-refractivity contribution in [2.75, 3.05) is 6.54 Å². The topological polar surface area (TPSA) is 38.1 Å². The van der Waals surface area contributed by atoms with Crippen LogP contribution < -0.4 is 0 Å². The van der Waals surface area contributed by atoms with Gasteiger partial charge in [-0.2, -0.15) is 0 Å². The minimum absolute atomic E-state index is 0.874. The van der Waals surface area contributed by atoms with Crippen LogP contribution in [0.25, 0.3) is 60.4 Å². The van der Waals surface area contributed by atoms with Gasteiger partial charge >= 0.3 is 0 Å². The van der Waals surface area contributed by atoms with Gasteiger partial charge in [0, 0.05) is 24.5 Å². The summed E-state index contributed by atoms with van der Waals surface area (Å²) in [5, 5.41) is 7.60. The van der Waals surface area contributed by atoms with Crippen molar-refractivity contribution in [3.63, 3.8) is 0 Å². The minimum atomic E-state index is 0.874. The third-order valence-corrected chi connectivity index (χ3v) is 8.84. The molecule has 44 heavy (non-hydrogen) atoms. The third-order valence-electron chi connectivity index (χ3n) is 8.84. The summed E-state index contributed by atoms with van der Waals surface area (Å²) in [6.45, 7) is 3.10. The van der Waals surface area contributed by atoms with Gasteiger partial charge in [-0.25, -0.2) is 0 Å². The predicted octanol–water partition coefficient (Wildman–Crippen LogP) is 10.3. The molecule has 8 rings (SSSR count). The molecular formula is C41H31N3. The maximum absolute atomic E-state index is 4.78. The van der Waals surface area contributed by atoms with Crippen LogP contribution in [-0.4, -0.2) is 22.2 Å². The van der Waals surface area contributed by atoms with Gasteiger partial charge in [-0.3, -0.25) is 15.0 Å². The van der Waals surface area contributed by atoms with Crippen molar-refractivity contribution in [2.24, 2.45) is 4.99 Å². The summed E-state index contributed by atoms with van der Waals surface area (Å²) < 4.78 is 0. The molecule has 0 saturated carbocycles. The molecule has 0 amide bonds. The summed E-state index contributed by atoms with van der Waals surface area (Å²) in [5.74, 6) is 0. The first-order chi connectivity index (χ1) is 21.7. The van der Waals surface area contributed by atoms with Gasteiger partial charge in [0.05, 0.1) is 17.1 Å². The lowest BCUT2D eigenvalue weighted by molar-refractivity contribution is 0.992. The van der Waals surface area contributed by atoms with Crippen LogP contribution in [0.2, 0.25) is 0 Å². The predicted molar refractivity (Wildman–Crippen MR) is 186 cm³/mol. The Morgan fingerprint density at radius 3 is 2.00 bits per heavy atom. The molecule has 1 aliphatic heterocycles. The molecule has 3 nitrogen and oxygen atoms in total. The largest absolute Gasteiger partial charge is 0.284 e. The van der Waals surface area contributed by atoms with Gasteiger partial charge in [0.2, 0.25) is 0 Å². The van der Waals surface area contributed by atoms with Crippen LogP contribution in [0.5, 0.6) is 0 Å². The number of rotatable bonds is 4. The summed E-state index contributed by atoms with van der Waals surface area (Å²) in [6.07, 6.45) is 17.0. The van der Waals surface area contributed by atoms with Crippen LogP contribution in [0.1, 0.15) is 25.3 Å². The van der Waals surface area contributed by atoms with E-state index in [1.165, 1.54) is 54.6 Å². The van der Waals surface area contributed by atoms with Crippen molar-refractivity contribution in [1.29, 1.82) is 0 Å². The van der Waals surface area contributed by atoms with Gasteiger partial charge in [0.15, 0.2) is 0 Å². The van der Waals surface area contributed by atoms with Crippen LogP contribution in [0, 0.1) is 0 Å². The van der Waals surface area contributed by atoms with Crippen molar-refractivity contribution in [2.45, 2.75) is 19.8 Å². The normalized spacial score (nSPS) is 15.1. The number of dihydropyridines is 1. The Morgan fingerprint density at radius 2 is 1.30 bits per heavy atom. The summed E-state index contributed by atoms with van der Waals surface area (Å²) in [7, 11) is 0.